The van der Waals surface area contributed by atoms with Crippen LogP contribution in [0.15, 0.2) is 22.7 Å². The van der Waals surface area contributed by atoms with Crippen LogP contribution in [0, 0.1) is 0 Å². The second kappa shape index (κ2) is 2.23. The van der Waals surface area contributed by atoms with E-state index in [1.165, 1.54) is 21.7 Å². The van der Waals surface area contributed by atoms with E-state index in [2.05, 4.69) is 12.1 Å². The van der Waals surface area contributed by atoms with Crippen molar-refractivity contribution in [3.63, 3.8) is 0 Å². The van der Waals surface area contributed by atoms with E-state index < -0.39 is 0 Å². The summed E-state index contributed by atoms with van der Waals surface area (Å²) in [6.45, 7) is 0.746. The molecule has 0 aliphatic carbocycles. The maximum absolute atomic E-state index is 5.32. The quantitative estimate of drug-likeness (QED) is 0.510. The number of hydrogen-bond donors (Lipinski definition) is 0. The van der Waals surface area contributed by atoms with Gasteiger partial charge in [0.2, 0.25) is 0 Å². The Morgan fingerprint density at radius 1 is 1.42 bits per heavy atom. The van der Waals surface area contributed by atoms with Crippen LogP contribution in [0.1, 0.15) is 5.56 Å². The Morgan fingerprint density at radius 3 is 3.42 bits per heavy atom. The standard InChI is InChI=1S/C8H6B2O2/c1-5-3-11-10-8(5)2-6-4-12-9-7(1)6/h1-3,9H,4H2. The van der Waals surface area contributed by atoms with Gasteiger partial charge in [0.1, 0.15) is 0 Å². The Hall–Kier alpha value is -1.02. The first kappa shape index (κ1) is 6.49. The molecule has 1 aromatic carbocycles. The van der Waals surface area contributed by atoms with Crippen LogP contribution in [0.4, 0.5) is 0 Å². The van der Waals surface area contributed by atoms with Crippen LogP contribution in [0.5, 0.6) is 0 Å². The molecule has 12 heavy (non-hydrogen) atoms. The number of rotatable bonds is 0. The van der Waals surface area contributed by atoms with Gasteiger partial charge in [0.15, 0.2) is 0 Å². The molecular weight excluding hydrogens is 150 g/mol. The van der Waals surface area contributed by atoms with Crippen molar-refractivity contribution in [3.05, 3.63) is 24.0 Å². The van der Waals surface area contributed by atoms with Gasteiger partial charge >= 0.3 is 70.3 Å². The van der Waals surface area contributed by atoms with Crippen LogP contribution in [0.3, 0.4) is 0 Å². The molecule has 2 aromatic rings. The molecule has 1 aromatic heterocycles. The van der Waals surface area contributed by atoms with E-state index in [0.717, 1.165) is 14.1 Å². The summed E-state index contributed by atoms with van der Waals surface area (Å²) in [6, 6.07) is 4.28. The average Bonchev–Trinajstić information content (AvgIpc) is 2.64. The molecule has 0 amide bonds. The van der Waals surface area contributed by atoms with E-state index in [0.29, 0.717) is 0 Å². The molecule has 4 heteroatoms. The minimum atomic E-state index is 0.746. The van der Waals surface area contributed by atoms with E-state index in [1.54, 1.807) is 13.4 Å². The van der Waals surface area contributed by atoms with Gasteiger partial charge in [-0.15, -0.1) is 0 Å². The van der Waals surface area contributed by atoms with Crippen molar-refractivity contribution in [3.8, 4) is 0 Å². The molecule has 0 N–H and O–H groups in total. The monoisotopic (exact) mass is 156 g/mol. The fraction of sp³-hybridized carbons (Fsp3) is 0.125. The molecule has 1 aliphatic rings. The predicted octanol–water partition coefficient (Wildman–Crippen LogP) is 0.278. The molecule has 0 bridgehead atoms. The van der Waals surface area contributed by atoms with Crippen molar-refractivity contribution in [1.82, 2.24) is 0 Å². The van der Waals surface area contributed by atoms with E-state index in [1.807, 2.05) is 0 Å². The van der Waals surface area contributed by atoms with E-state index in [-0.39, 0.29) is 0 Å². The number of benzene rings is 1. The van der Waals surface area contributed by atoms with Gasteiger partial charge in [-0.25, -0.2) is 0 Å². The zero-order valence-electron chi connectivity index (χ0n) is 6.54. The molecule has 1 aliphatic heterocycles. The van der Waals surface area contributed by atoms with Crippen molar-refractivity contribution >= 4 is 30.7 Å². The number of fused-ring (bicyclic) bond motifs is 2. The van der Waals surface area contributed by atoms with Gasteiger partial charge in [-0.3, -0.25) is 0 Å². The second-order valence-corrected chi connectivity index (χ2v) is 3.11. The first-order valence-corrected chi connectivity index (χ1v) is 3.99. The Labute approximate surface area is 71.0 Å². The molecule has 3 rings (SSSR count). The van der Waals surface area contributed by atoms with Crippen molar-refractivity contribution < 1.29 is 8.99 Å². The minimum absolute atomic E-state index is 0.746. The topological polar surface area (TPSA) is 22.4 Å². The summed E-state index contributed by atoms with van der Waals surface area (Å²) >= 11 is 0. The molecular formula is C8H6B2O2. The molecule has 0 saturated carbocycles. The Balaban J connectivity index is 2.38. The van der Waals surface area contributed by atoms with Crippen molar-refractivity contribution in [1.29, 1.82) is 0 Å². The summed E-state index contributed by atoms with van der Waals surface area (Å²) in [5.74, 6) is 0. The molecule has 0 spiro atoms. The summed E-state index contributed by atoms with van der Waals surface area (Å²) < 4.78 is 10.4. The molecule has 0 fully saturated rings. The third-order valence-corrected chi connectivity index (χ3v) is 2.31. The van der Waals surface area contributed by atoms with Gasteiger partial charge < -0.3 is 0 Å². The Kier molecular flexibility index (Phi) is 1.21. The molecule has 2 heterocycles. The van der Waals surface area contributed by atoms with Gasteiger partial charge in [0.05, 0.1) is 0 Å². The van der Waals surface area contributed by atoms with Crippen LogP contribution >= 0.6 is 0 Å². The van der Waals surface area contributed by atoms with Crippen LogP contribution in [-0.2, 0) is 11.3 Å². The zero-order chi connectivity index (χ0) is 7.97. The van der Waals surface area contributed by atoms with Crippen molar-refractivity contribution in [2.75, 3.05) is 0 Å². The van der Waals surface area contributed by atoms with Gasteiger partial charge in [-0.2, -0.15) is 0 Å². The molecule has 2 nitrogen and oxygen atoms in total. The molecule has 0 atom stereocenters. The van der Waals surface area contributed by atoms with Crippen LogP contribution in [0.25, 0.3) is 10.7 Å². The average molecular weight is 156 g/mol. The first-order valence-electron chi connectivity index (χ1n) is 3.99. The third kappa shape index (κ3) is 0.786. The first-order chi connectivity index (χ1) is 5.93. The molecule has 56 valence electrons. The third-order valence-electron chi connectivity index (χ3n) is 2.31. The second-order valence-electron chi connectivity index (χ2n) is 3.11. The van der Waals surface area contributed by atoms with Crippen molar-refractivity contribution in [2.24, 2.45) is 0 Å². The van der Waals surface area contributed by atoms with Crippen LogP contribution in [0.2, 0.25) is 0 Å². The normalized spacial score (nSPS) is 14.3. The Bertz CT molecular complexity index is 398. The van der Waals surface area contributed by atoms with Crippen LogP contribution < -0.4 is 5.46 Å². The predicted molar refractivity (Wildman–Crippen MR) is 49.1 cm³/mol. The summed E-state index contributed by atoms with van der Waals surface area (Å²) in [5.41, 5.74) is 2.59. The van der Waals surface area contributed by atoms with Gasteiger partial charge in [0, 0.05) is 0 Å². The zero-order valence-corrected chi connectivity index (χ0v) is 6.54. The number of hydrogen-bond acceptors (Lipinski definition) is 2. The van der Waals surface area contributed by atoms with E-state index >= 15 is 0 Å². The fourth-order valence-electron chi connectivity index (χ4n) is 1.65. The summed E-state index contributed by atoms with van der Waals surface area (Å²) in [5, 5.41) is 2.33. The fourth-order valence-corrected chi connectivity index (χ4v) is 1.65. The summed E-state index contributed by atoms with van der Waals surface area (Å²) in [7, 11) is 2.52. The van der Waals surface area contributed by atoms with Gasteiger partial charge in [-0.1, -0.05) is 0 Å². The molecule has 0 radical (unpaired) electrons. The van der Waals surface area contributed by atoms with Crippen LogP contribution in [-0.4, -0.2) is 14.6 Å². The van der Waals surface area contributed by atoms with E-state index in [9.17, 15) is 0 Å². The van der Waals surface area contributed by atoms with Crippen molar-refractivity contribution in [2.45, 2.75) is 6.61 Å². The SMILES string of the molecule is b1occ2cc3c(cc12)COB3. The molecule has 0 unspecified atom stereocenters. The summed E-state index contributed by atoms with van der Waals surface area (Å²) in [6.07, 6.45) is 1.77. The summed E-state index contributed by atoms with van der Waals surface area (Å²) in [4.78, 5) is 0. The van der Waals surface area contributed by atoms with Gasteiger partial charge in [-0.05, 0) is 0 Å². The Morgan fingerprint density at radius 2 is 2.42 bits per heavy atom. The van der Waals surface area contributed by atoms with Gasteiger partial charge in [0.25, 0.3) is 0 Å². The maximum atomic E-state index is 5.32. The molecule has 0 saturated heterocycles. The van der Waals surface area contributed by atoms with E-state index in [4.69, 9.17) is 8.99 Å².